The van der Waals surface area contributed by atoms with Gasteiger partial charge in [0.15, 0.2) is 0 Å². The van der Waals surface area contributed by atoms with Gasteiger partial charge in [0, 0.05) is 12.8 Å². The summed E-state index contributed by atoms with van der Waals surface area (Å²) in [6, 6.07) is 0. The van der Waals surface area contributed by atoms with Crippen LogP contribution < -0.4 is 0 Å². The summed E-state index contributed by atoms with van der Waals surface area (Å²) in [6.45, 7) is 18.0. The second-order valence-corrected chi connectivity index (χ2v) is 1.99. The summed E-state index contributed by atoms with van der Waals surface area (Å²) in [5, 5.41) is 16.3. The lowest BCUT2D eigenvalue weighted by molar-refractivity contribution is -0.139. The molecule has 0 aliphatic heterocycles. The first-order valence-corrected chi connectivity index (χ1v) is 4.56. The Morgan fingerprint density at radius 2 is 0.875 bits per heavy atom. The second-order valence-electron chi connectivity index (χ2n) is 1.99. The number of hydrogen-bond acceptors (Lipinski definition) is 2. The molecule has 0 amide bonds. The molecule has 4 heteroatoms. The summed E-state index contributed by atoms with van der Waals surface area (Å²) >= 11 is 0. The molecule has 0 aliphatic rings. The van der Waals surface area contributed by atoms with Gasteiger partial charge < -0.3 is 10.2 Å². The lowest BCUT2D eigenvalue weighted by Gasteiger charge is -1.92. The van der Waals surface area contributed by atoms with Crippen molar-refractivity contribution in [3.05, 3.63) is 39.5 Å². The van der Waals surface area contributed by atoms with Crippen LogP contribution in [-0.4, -0.2) is 22.2 Å². The van der Waals surface area contributed by atoms with Crippen LogP contribution in [0, 0.1) is 0 Å². The largest absolute Gasteiger partial charge is 0.481 e. The molecule has 4 nitrogen and oxygen atoms in total. The zero-order chi connectivity index (χ0) is 14.0. The fourth-order valence-corrected chi connectivity index (χ4v) is 0.552. The Morgan fingerprint density at radius 1 is 0.688 bits per heavy atom. The molecule has 0 aromatic rings. The number of unbranched alkanes of at least 4 members (excludes halogenated alkanes) is 1. The van der Waals surface area contributed by atoms with Crippen LogP contribution in [0.5, 0.6) is 0 Å². The van der Waals surface area contributed by atoms with E-state index in [4.69, 9.17) is 10.2 Å². The molecule has 0 spiro atoms. The monoisotopic (exact) mass is 230 g/mol. The van der Waals surface area contributed by atoms with Crippen LogP contribution in [0.4, 0.5) is 0 Å². The summed E-state index contributed by atoms with van der Waals surface area (Å²) in [7, 11) is 0. The van der Waals surface area contributed by atoms with Gasteiger partial charge in [-0.25, -0.2) is 0 Å². The molecule has 0 saturated heterocycles. The molecule has 2 N–H and O–H groups in total. The molecule has 0 fully saturated rings. The highest BCUT2D eigenvalue weighted by Crippen LogP contribution is 1.98. The Hall–Kier alpha value is -1.84. The van der Waals surface area contributed by atoms with Crippen molar-refractivity contribution in [3.8, 4) is 0 Å². The minimum Gasteiger partial charge on any atom is -0.481 e. The molecule has 0 radical (unpaired) electrons. The molecule has 0 aliphatic carbocycles. The zero-order valence-electron chi connectivity index (χ0n) is 9.78. The van der Waals surface area contributed by atoms with Crippen LogP contribution in [0.25, 0.3) is 0 Å². The van der Waals surface area contributed by atoms with E-state index in [1.165, 1.54) is 0 Å². The minimum atomic E-state index is -0.870. The van der Waals surface area contributed by atoms with Gasteiger partial charge in [0.1, 0.15) is 0 Å². The van der Waals surface area contributed by atoms with E-state index >= 15 is 0 Å². The lowest BCUT2D eigenvalue weighted by atomic mass is 10.2. The fourth-order valence-electron chi connectivity index (χ4n) is 0.552. The SMILES string of the molecule is C=C.C=C.C=C.O=C(O)CCCCC(=O)O. The van der Waals surface area contributed by atoms with E-state index in [0.29, 0.717) is 12.8 Å². The predicted octanol–water partition coefficient (Wildman–Crippen LogP) is 3.12. The van der Waals surface area contributed by atoms with Gasteiger partial charge in [-0.15, -0.1) is 39.5 Å². The third kappa shape index (κ3) is 56.9. The van der Waals surface area contributed by atoms with Crippen molar-refractivity contribution in [1.29, 1.82) is 0 Å². The average Bonchev–Trinajstić information content (AvgIpc) is 2.32. The first-order chi connectivity index (χ1) is 7.63. The number of carbonyl (C=O) groups is 2. The fraction of sp³-hybridized carbons (Fsp3) is 0.333. The quantitative estimate of drug-likeness (QED) is 0.562. The summed E-state index contributed by atoms with van der Waals surface area (Å²) in [5.41, 5.74) is 0. The van der Waals surface area contributed by atoms with E-state index in [1.54, 1.807) is 0 Å². The van der Waals surface area contributed by atoms with Crippen molar-refractivity contribution in [1.82, 2.24) is 0 Å². The molecule has 0 atom stereocenters. The normalized spacial score (nSPS) is 6.50. The van der Waals surface area contributed by atoms with E-state index in [9.17, 15) is 9.59 Å². The maximum atomic E-state index is 9.90. The summed E-state index contributed by atoms with van der Waals surface area (Å²) < 4.78 is 0. The molecule has 0 aromatic carbocycles. The van der Waals surface area contributed by atoms with Crippen LogP contribution in [0.1, 0.15) is 25.7 Å². The van der Waals surface area contributed by atoms with E-state index in [0.717, 1.165) is 0 Å². The molecule has 94 valence electrons. The van der Waals surface area contributed by atoms with E-state index in [-0.39, 0.29) is 12.8 Å². The zero-order valence-corrected chi connectivity index (χ0v) is 9.78. The first-order valence-electron chi connectivity index (χ1n) is 4.56. The third-order valence-electron chi connectivity index (χ3n) is 1.03. The van der Waals surface area contributed by atoms with Gasteiger partial charge in [-0.2, -0.15) is 0 Å². The molecule has 0 aromatic heterocycles. The third-order valence-corrected chi connectivity index (χ3v) is 1.03. The number of aliphatic carboxylic acids is 2. The summed E-state index contributed by atoms with van der Waals surface area (Å²) in [6.07, 6.45) is 1.02. The molecule has 0 rings (SSSR count). The topological polar surface area (TPSA) is 74.6 Å². The van der Waals surface area contributed by atoms with Crippen LogP contribution in [0.15, 0.2) is 39.5 Å². The molecule has 0 bridgehead atoms. The van der Waals surface area contributed by atoms with Crippen LogP contribution in [0.3, 0.4) is 0 Å². The molecule has 16 heavy (non-hydrogen) atoms. The highest BCUT2D eigenvalue weighted by atomic mass is 16.4. The van der Waals surface area contributed by atoms with Crippen molar-refractivity contribution in [2.75, 3.05) is 0 Å². The maximum absolute atomic E-state index is 9.90. The Kier molecular flexibility index (Phi) is 43.4. The molecule has 0 heterocycles. The molecule has 0 saturated carbocycles. The van der Waals surface area contributed by atoms with Crippen molar-refractivity contribution in [2.45, 2.75) is 25.7 Å². The Balaban J connectivity index is -0.000000103. The van der Waals surface area contributed by atoms with Gasteiger partial charge in [0.2, 0.25) is 0 Å². The van der Waals surface area contributed by atoms with Gasteiger partial charge in [0.05, 0.1) is 0 Å². The molecular formula is C12H22O4. The number of carboxylic acid groups (broad SMARTS) is 2. The van der Waals surface area contributed by atoms with Crippen molar-refractivity contribution in [2.24, 2.45) is 0 Å². The summed E-state index contributed by atoms with van der Waals surface area (Å²) in [4.78, 5) is 19.8. The van der Waals surface area contributed by atoms with Crippen LogP contribution in [-0.2, 0) is 9.59 Å². The van der Waals surface area contributed by atoms with Gasteiger partial charge in [-0.1, -0.05) is 0 Å². The summed E-state index contributed by atoms with van der Waals surface area (Å²) in [5.74, 6) is -1.74. The highest BCUT2D eigenvalue weighted by Gasteiger charge is 1.99. The molecule has 0 unspecified atom stereocenters. The van der Waals surface area contributed by atoms with Crippen LogP contribution >= 0.6 is 0 Å². The van der Waals surface area contributed by atoms with E-state index in [1.807, 2.05) is 0 Å². The number of rotatable bonds is 5. The average molecular weight is 230 g/mol. The predicted molar refractivity (Wildman–Crippen MR) is 67.5 cm³/mol. The van der Waals surface area contributed by atoms with Gasteiger partial charge in [-0.05, 0) is 12.8 Å². The lowest BCUT2D eigenvalue weighted by Crippen LogP contribution is -1.97. The standard InChI is InChI=1S/C6H10O4.3C2H4/c7-5(8)3-1-2-4-6(9)10;3*1-2/h1-4H2,(H,7,8)(H,9,10);3*1-2H2. The van der Waals surface area contributed by atoms with Crippen molar-refractivity contribution < 1.29 is 19.8 Å². The maximum Gasteiger partial charge on any atom is 0.303 e. The van der Waals surface area contributed by atoms with Crippen molar-refractivity contribution in [3.63, 3.8) is 0 Å². The van der Waals surface area contributed by atoms with Crippen LogP contribution in [0.2, 0.25) is 0 Å². The minimum absolute atomic E-state index is 0.0628. The number of hydrogen-bond donors (Lipinski definition) is 2. The Bertz CT molecular complexity index is 146. The van der Waals surface area contributed by atoms with Gasteiger partial charge in [0.25, 0.3) is 0 Å². The highest BCUT2D eigenvalue weighted by molar-refractivity contribution is 5.67. The Labute approximate surface area is 97.6 Å². The molecular weight excluding hydrogens is 208 g/mol. The van der Waals surface area contributed by atoms with Gasteiger partial charge >= 0.3 is 11.9 Å². The smallest absolute Gasteiger partial charge is 0.303 e. The Morgan fingerprint density at radius 3 is 1.00 bits per heavy atom. The van der Waals surface area contributed by atoms with E-state index < -0.39 is 11.9 Å². The van der Waals surface area contributed by atoms with E-state index in [2.05, 4.69) is 39.5 Å². The second kappa shape index (κ2) is 29.2. The van der Waals surface area contributed by atoms with Gasteiger partial charge in [-0.3, -0.25) is 9.59 Å². The van der Waals surface area contributed by atoms with Crippen molar-refractivity contribution >= 4 is 11.9 Å². The number of carboxylic acids is 2. The first kappa shape index (κ1) is 23.8.